The zero-order chi connectivity index (χ0) is 14.0. The molecule has 1 unspecified atom stereocenters. The van der Waals surface area contributed by atoms with Gasteiger partial charge in [0.05, 0.1) is 0 Å². The molecule has 1 aromatic carbocycles. The summed E-state index contributed by atoms with van der Waals surface area (Å²) < 4.78 is 5.90. The van der Waals surface area contributed by atoms with Crippen LogP contribution in [0.3, 0.4) is 0 Å². The highest BCUT2D eigenvalue weighted by atomic mass is 16.6. The first kappa shape index (κ1) is 13.7. The van der Waals surface area contributed by atoms with Crippen molar-refractivity contribution in [1.29, 1.82) is 0 Å². The van der Waals surface area contributed by atoms with E-state index in [1.54, 1.807) is 0 Å². The number of ether oxygens (including phenoxy) is 1. The third-order valence-corrected chi connectivity index (χ3v) is 4.64. The zero-order valence-electron chi connectivity index (χ0n) is 12.7. The average Bonchev–Trinajstić information content (AvgIpc) is 3.11. The molecule has 0 aromatic heterocycles. The quantitative estimate of drug-likeness (QED) is 0.572. The van der Waals surface area contributed by atoms with Crippen LogP contribution >= 0.6 is 0 Å². The van der Waals surface area contributed by atoms with Crippen molar-refractivity contribution in [3.8, 4) is 11.8 Å². The fourth-order valence-electron chi connectivity index (χ4n) is 3.35. The van der Waals surface area contributed by atoms with E-state index in [-0.39, 0.29) is 11.7 Å². The molecule has 1 heterocycles. The molecule has 0 amide bonds. The van der Waals surface area contributed by atoms with Crippen LogP contribution in [0, 0.1) is 18.8 Å². The largest absolute Gasteiger partial charge is 0.352 e. The van der Waals surface area contributed by atoms with E-state index in [0.717, 1.165) is 12.0 Å². The molecule has 1 saturated carbocycles. The maximum absolute atomic E-state index is 5.90. The van der Waals surface area contributed by atoms with E-state index in [9.17, 15) is 0 Å². The molecule has 1 aromatic rings. The van der Waals surface area contributed by atoms with Crippen LogP contribution in [0.4, 0.5) is 0 Å². The van der Waals surface area contributed by atoms with Crippen molar-refractivity contribution in [1.82, 2.24) is 0 Å². The van der Waals surface area contributed by atoms with Gasteiger partial charge in [0.25, 0.3) is 0 Å². The molecule has 1 aliphatic carbocycles. The maximum atomic E-state index is 5.90. The number of epoxide rings is 1. The summed E-state index contributed by atoms with van der Waals surface area (Å²) in [6.07, 6.45) is 8.95. The molecule has 1 nitrogen and oxygen atoms in total. The minimum atomic E-state index is 0.140. The molecule has 0 N–H and O–H groups in total. The SMILES string of the molecule is CCCc1ccc(C#CC2OC23CCCCC3)c(C)c1. The molecule has 1 saturated heterocycles. The molecular formula is C19H24O. The first-order chi connectivity index (χ1) is 9.73. The van der Waals surface area contributed by atoms with E-state index in [1.165, 1.54) is 49.7 Å². The molecule has 1 aliphatic heterocycles. The van der Waals surface area contributed by atoms with E-state index in [4.69, 9.17) is 4.74 Å². The predicted molar refractivity (Wildman–Crippen MR) is 82.7 cm³/mol. The Balaban J connectivity index is 1.69. The molecule has 20 heavy (non-hydrogen) atoms. The third-order valence-electron chi connectivity index (χ3n) is 4.64. The highest BCUT2D eigenvalue weighted by Gasteiger charge is 2.55. The second-order valence-corrected chi connectivity index (χ2v) is 6.29. The summed E-state index contributed by atoms with van der Waals surface area (Å²) in [5, 5.41) is 0. The molecule has 0 radical (unpaired) electrons. The Bertz CT molecular complexity index is 541. The molecule has 2 fully saturated rings. The Morgan fingerprint density at radius 2 is 2.05 bits per heavy atom. The van der Waals surface area contributed by atoms with Gasteiger partial charge in [-0.3, -0.25) is 0 Å². The van der Waals surface area contributed by atoms with Gasteiger partial charge in [-0.25, -0.2) is 0 Å². The smallest absolute Gasteiger partial charge is 0.148 e. The van der Waals surface area contributed by atoms with E-state index in [1.807, 2.05) is 0 Å². The molecule has 1 atom stereocenters. The Labute approximate surface area is 122 Å². The van der Waals surface area contributed by atoms with Gasteiger partial charge in [-0.05, 0) is 43.4 Å². The Morgan fingerprint density at radius 3 is 2.75 bits per heavy atom. The van der Waals surface area contributed by atoms with Gasteiger partial charge in [-0.15, -0.1) is 0 Å². The minimum Gasteiger partial charge on any atom is -0.352 e. The number of rotatable bonds is 2. The van der Waals surface area contributed by atoms with Crippen LogP contribution in [0.25, 0.3) is 0 Å². The van der Waals surface area contributed by atoms with Gasteiger partial charge in [0.2, 0.25) is 0 Å². The summed E-state index contributed by atoms with van der Waals surface area (Å²) in [6.45, 7) is 4.38. The lowest BCUT2D eigenvalue weighted by atomic mass is 9.86. The van der Waals surface area contributed by atoms with Crippen molar-refractivity contribution in [2.24, 2.45) is 0 Å². The number of hydrogen-bond acceptors (Lipinski definition) is 1. The van der Waals surface area contributed by atoms with Gasteiger partial charge in [0.15, 0.2) is 0 Å². The highest BCUT2D eigenvalue weighted by Crippen LogP contribution is 2.47. The lowest BCUT2D eigenvalue weighted by Crippen LogP contribution is -2.18. The van der Waals surface area contributed by atoms with Crippen LogP contribution in [-0.2, 0) is 11.2 Å². The summed E-state index contributed by atoms with van der Waals surface area (Å²) in [7, 11) is 0. The van der Waals surface area contributed by atoms with Crippen LogP contribution < -0.4 is 0 Å². The lowest BCUT2D eigenvalue weighted by Gasteiger charge is -2.16. The van der Waals surface area contributed by atoms with Crippen LogP contribution in [0.5, 0.6) is 0 Å². The van der Waals surface area contributed by atoms with E-state index in [0.29, 0.717) is 0 Å². The molecule has 1 heteroatoms. The normalized spacial score (nSPS) is 23.2. The summed E-state index contributed by atoms with van der Waals surface area (Å²) in [5.41, 5.74) is 4.01. The van der Waals surface area contributed by atoms with Crippen molar-refractivity contribution in [2.45, 2.75) is 70.5 Å². The van der Waals surface area contributed by atoms with Crippen molar-refractivity contribution >= 4 is 0 Å². The molecular weight excluding hydrogens is 244 g/mol. The van der Waals surface area contributed by atoms with Gasteiger partial charge in [-0.2, -0.15) is 0 Å². The van der Waals surface area contributed by atoms with Crippen LogP contribution in [0.2, 0.25) is 0 Å². The highest BCUT2D eigenvalue weighted by molar-refractivity contribution is 5.44. The summed E-state index contributed by atoms with van der Waals surface area (Å²) in [4.78, 5) is 0. The molecule has 3 rings (SSSR count). The third kappa shape index (κ3) is 2.76. The zero-order valence-corrected chi connectivity index (χ0v) is 12.7. The number of benzene rings is 1. The predicted octanol–water partition coefficient (Wildman–Crippen LogP) is 4.40. The fraction of sp³-hybridized carbons (Fsp3) is 0.579. The first-order valence-electron chi connectivity index (χ1n) is 8.02. The van der Waals surface area contributed by atoms with Gasteiger partial charge in [0, 0.05) is 5.56 Å². The average molecular weight is 268 g/mol. The molecule has 1 spiro atoms. The standard InChI is InChI=1S/C19H24O/c1-3-7-16-8-9-17(15(2)14-16)10-11-18-19(20-18)12-5-4-6-13-19/h8-9,14,18H,3-7,12-13H2,1-2H3. The lowest BCUT2D eigenvalue weighted by molar-refractivity contribution is 0.235. The van der Waals surface area contributed by atoms with E-state index >= 15 is 0 Å². The number of aryl methyl sites for hydroxylation is 2. The molecule has 106 valence electrons. The molecule has 0 bridgehead atoms. The van der Waals surface area contributed by atoms with Crippen molar-refractivity contribution < 1.29 is 4.74 Å². The number of hydrogen-bond donors (Lipinski definition) is 0. The van der Waals surface area contributed by atoms with Gasteiger partial charge in [0.1, 0.15) is 11.7 Å². The monoisotopic (exact) mass is 268 g/mol. The van der Waals surface area contributed by atoms with E-state index < -0.39 is 0 Å². The van der Waals surface area contributed by atoms with Gasteiger partial charge in [-0.1, -0.05) is 56.6 Å². The van der Waals surface area contributed by atoms with Crippen LogP contribution in [0.1, 0.15) is 62.1 Å². The fourth-order valence-corrected chi connectivity index (χ4v) is 3.35. The topological polar surface area (TPSA) is 12.5 Å². The van der Waals surface area contributed by atoms with Gasteiger partial charge < -0.3 is 4.74 Å². The first-order valence-corrected chi connectivity index (χ1v) is 8.02. The maximum Gasteiger partial charge on any atom is 0.148 e. The summed E-state index contributed by atoms with van der Waals surface area (Å²) >= 11 is 0. The van der Waals surface area contributed by atoms with Crippen LogP contribution in [0.15, 0.2) is 18.2 Å². The van der Waals surface area contributed by atoms with Gasteiger partial charge >= 0.3 is 0 Å². The Morgan fingerprint density at radius 1 is 1.25 bits per heavy atom. The second-order valence-electron chi connectivity index (χ2n) is 6.29. The van der Waals surface area contributed by atoms with Crippen molar-refractivity contribution in [3.63, 3.8) is 0 Å². The summed E-state index contributed by atoms with van der Waals surface area (Å²) in [6, 6.07) is 6.66. The minimum absolute atomic E-state index is 0.140. The second kappa shape index (κ2) is 5.62. The molecule has 2 aliphatic rings. The van der Waals surface area contributed by atoms with Crippen molar-refractivity contribution in [3.05, 3.63) is 34.9 Å². The van der Waals surface area contributed by atoms with Crippen LogP contribution in [-0.4, -0.2) is 11.7 Å². The Hall–Kier alpha value is -1.26. The Kier molecular flexibility index (Phi) is 3.85. The summed E-state index contributed by atoms with van der Waals surface area (Å²) in [5.74, 6) is 6.69. The van der Waals surface area contributed by atoms with E-state index in [2.05, 4.69) is 43.9 Å². The van der Waals surface area contributed by atoms with Crippen molar-refractivity contribution in [2.75, 3.05) is 0 Å².